The van der Waals surface area contributed by atoms with Crippen LogP contribution in [0.25, 0.3) is 0 Å². The number of nitro groups is 1. The molecule has 0 aliphatic heterocycles. The molecule has 22 heavy (non-hydrogen) atoms. The zero-order valence-corrected chi connectivity index (χ0v) is 13.3. The predicted octanol–water partition coefficient (Wildman–Crippen LogP) is 1.87. The molecule has 2 rings (SSSR count). The van der Waals surface area contributed by atoms with Gasteiger partial charge in [0.05, 0.1) is 22.6 Å². The highest BCUT2D eigenvalue weighted by molar-refractivity contribution is 6.31. The summed E-state index contributed by atoms with van der Waals surface area (Å²) in [5.74, 6) is -0.355. The molecule has 0 saturated heterocycles. The van der Waals surface area contributed by atoms with Gasteiger partial charge in [0, 0.05) is 0 Å². The molecule has 0 bridgehead atoms. The average molecular weight is 328 g/mol. The van der Waals surface area contributed by atoms with Crippen LogP contribution in [0.3, 0.4) is 0 Å². The molecule has 1 unspecified atom stereocenters. The molecule has 118 valence electrons. The molecule has 1 N–H and O–H groups in total. The third-order valence-corrected chi connectivity index (χ3v) is 3.84. The van der Waals surface area contributed by atoms with E-state index in [4.69, 9.17) is 11.6 Å². The number of hydrogen-bond acceptors (Lipinski definition) is 3. The van der Waals surface area contributed by atoms with Gasteiger partial charge in [0.15, 0.2) is 6.67 Å². The summed E-state index contributed by atoms with van der Waals surface area (Å²) < 4.78 is 15.4. The molecule has 1 atom stereocenters. The van der Waals surface area contributed by atoms with Crippen molar-refractivity contribution in [2.45, 2.75) is 27.1 Å². The summed E-state index contributed by atoms with van der Waals surface area (Å²) in [5, 5.41) is 15.6. The number of nitrogens with zero attached hydrogens (tertiary/aromatic N) is 3. The minimum Gasteiger partial charge on any atom is -0.315 e. The van der Waals surface area contributed by atoms with Crippen LogP contribution in [0.5, 0.6) is 0 Å². The van der Waals surface area contributed by atoms with Gasteiger partial charge in [-0.25, -0.2) is 9.07 Å². The molecule has 1 aromatic heterocycles. The van der Waals surface area contributed by atoms with E-state index in [-0.39, 0.29) is 11.5 Å². The van der Waals surface area contributed by atoms with E-state index in [0.717, 1.165) is 4.90 Å². The summed E-state index contributed by atoms with van der Waals surface area (Å²) in [6.07, 6.45) is 0. The zero-order valence-electron chi connectivity index (χ0n) is 12.6. The quantitative estimate of drug-likeness (QED) is 0.673. The number of nitrogens with one attached hydrogen (secondary N) is 1. The summed E-state index contributed by atoms with van der Waals surface area (Å²) in [6.45, 7) is 4.00. The number of halogens is 2. The van der Waals surface area contributed by atoms with Crippen LogP contribution in [0.2, 0.25) is 5.02 Å². The Hall–Kier alpha value is -1.99. The SMILES string of the molecule is Cc1nn(C[NH+](C)Cc2c(F)cccc2Cl)c(C)c1[N+](=O)[O-]. The Morgan fingerprint density at radius 2 is 2.14 bits per heavy atom. The summed E-state index contributed by atoms with van der Waals surface area (Å²) in [7, 11) is 1.85. The molecular weight excluding hydrogens is 311 g/mol. The first-order valence-electron chi connectivity index (χ1n) is 6.73. The Bertz CT molecular complexity index is 697. The van der Waals surface area contributed by atoms with Crippen LogP contribution in [0.4, 0.5) is 10.1 Å². The smallest absolute Gasteiger partial charge is 0.312 e. The number of rotatable bonds is 5. The van der Waals surface area contributed by atoms with Gasteiger partial charge < -0.3 is 4.90 Å². The fourth-order valence-corrected chi connectivity index (χ4v) is 2.65. The van der Waals surface area contributed by atoms with Crippen LogP contribution >= 0.6 is 11.6 Å². The Balaban J connectivity index is 2.18. The highest BCUT2D eigenvalue weighted by atomic mass is 35.5. The van der Waals surface area contributed by atoms with Crippen molar-refractivity contribution in [3.63, 3.8) is 0 Å². The Morgan fingerprint density at radius 1 is 1.45 bits per heavy atom. The second-order valence-electron chi connectivity index (χ2n) is 5.27. The van der Waals surface area contributed by atoms with Gasteiger partial charge in [0.1, 0.15) is 23.7 Å². The lowest BCUT2D eigenvalue weighted by atomic mass is 10.2. The van der Waals surface area contributed by atoms with E-state index in [1.54, 1.807) is 30.7 Å². The second kappa shape index (κ2) is 6.41. The lowest BCUT2D eigenvalue weighted by Crippen LogP contribution is -3.07. The van der Waals surface area contributed by atoms with Gasteiger partial charge in [-0.3, -0.25) is 10.1 Å². The number of aryl methyl sites for hydroxylation is 1. The second-order valence-corrected chi connectivity index (χ2v) is 5.68. The topological polar surface area (TPSA) is 65.4 Å². The molecular formula is C14H17ClFN4O2+. The molecule has 0 saturated carbocycles. The number of quaternary nitrogens is 1. The molecule has 2 aromatic rings. The fourth-order valence-electron chi connectivity index (χ4n) is 2.42. The highest BCUT2D eigenvalue weighted by Crippen LogP contribution is 2.21. The minimum absolute atomic E-state index is 0.0247. The largest absolute Gasteiger partial charge is 0.315 e. The van der Waals surface area contributed by atoms with Crippen molar-refractivity contribution < 1.29 is 14.2 Å². The van der Waals surface area contributed by atoms with Crippen LogP contribution in [-0.2, 0) is 13.2 Å². The van der Waals surface area contributed by atoms with E-state index in [1.807, 2.05) is 7.05 Å². The van der Waals surface area contributed by atoms with Gasteiger partial charge in [-0.1, -0.05) is 17.7 Å². The molecule has 6 nitrogen and oxygen atoms in total. The molecule has 8 heteroatoms. The Kier molecular flexibility index (Phi) is 4.77. The maximum atomic E-state index is 13.8. The van der Waals surface area contributed by atoms with E-state index >= 15 is 0 Å². The molecule has 0 spiro atoms. The molecule has 1 aromatic carbocycles. The standard InChI is InChI=1S/C14H16ClFN4O2/c1-9-14(20(21)22)10(2)19(17-9)8-18(3)7-11-12(15)5-4-6-13(11)16/h4-6H,7-8H2,1-3H3/p+1. The fraction of sp³-hybridized carbons (Fsp3) is 0.357. The monoisotopic (exact) mass is 327 g/mol. The van der Waals surface area contributed by atoms with Gasteiger partial charge in [-0.15, -0.1) is 0 Å². The molecule has 0 radical (unpaired) electrons. The summed E-state index contributed by atoms with van der Waals surface area (Å²) in [6, 6.07) is 4.56. The normalized spacial score (nSPS) is 12.4. The van der Waals surface area contributed by atoms with E-state index in [9.17, 15) is 14.5 Å². The van der Waals surface area contributed by atoms with Gasteiger partial charge in [-0.05, 0) is 26.0 Å². The van der Waals surface area contributed by atoms with Crippen molar-refractivity contribution in [3.05, 3.63) is 56.1 Å². The van der Waals surface area contributed by atoms with Gasteiger partial charge >= 0.3 is 5.69 Å². The van der Waals surface area contributed by atoms with Crippen LogP contribution in [0, 0.1) is 29.8 Å². The van der Waals surface area contributed by atoms with Crippen molar-refractivity contribution in [3.8, 4) is 0 Å². The van der Waals surface area contributed by atoms with Crippen LogP contribution in [0.15, 0.2) is 18.2 Å². The Labute approximate surface area is 132 Å². The summed E-state index contributed by atoms with van der Waals surface area (Å²) >= 11 is 6.01. The van der Waals surface area contributed by atoms with E-state index in [1.165, 1.54) is 6.07 Å². The predicted molar refractivity (Wildman–Crippen MR) is 80.4 cm³/mol. The highest BCUT2D eigenvalue weighted by Gasteiger charge is 2.23. The lowest BCUT2D eigenvalue weighted by Gasteiger charge is -2.16. The van der Waals surface area contributed by atoms with Crippen molar-refractivity contribution in [2.75, 3.05) is 7.05 Å². The van der Waals surface area contributed by atoms with Gasteiger partial charge in [0.2, 0.25) is 0 Å². The summed E-state index contributed by atoms with van der Waals surface area (Å²) in [5.41, 5.74) is 1.31. The van der Waals surface area contributed by atoms with Gasteiger partial charge in [-0.2, -0.15) is 5.10 Å². The molecule has 0 aliphatic rings. The van der Waals surface area contributed by atoms with E-state index in [2.05, 4.69) is 5.10 Å². The van der Waals surface area contributed by atoms with Crippen LogP contribution in [-0.4, -0.2) is 21.8 Å². The number of hydrogen-bond donors (Lipinski definition) is 1. The Morgan fingerprint density at radius 3 is 2.68 bits per heavy atom. The third kappa shape index (κ3) is 3.26. The maximum absolute atomic E-state index is 13.8. The first-order valence-corrected chi connectivity index (χ1v) is 7.11. The number of benzene rings is 1. The van der Waals surface area contributed by atoms with Gasteiger partial charge in [0.25, 0.3) is 0 Å². The zero-order chi connectivity index (χ0) is 16.4. The van der Waals surface area contributed by atoms with Crippen molar-refractivity contribution >= 4 is 17.3 Å². The third-order valence-electron chi connectivity index (χ3n) is 3.49. The van der Waals surface area contributed by atoms with Crippen LogP contribution < -0.4 is 4.90 Å². The van der Waals surface area contributed by atoms with Crippen molar-refractivity contribution in [1.29, 1.82) is 0 Å². The number of aromatic nitrogens is 2. The van der Waals surface area contributed by atoms with Crippen LogP contribution in [0.1, 0.15) is 17.0 Å². The molecule has 1 heterocycles. The lowest BCUT2D eigenvalue weighted by molar-refractivity contribution is -0.917. The molecule has 0 aliphatic carbocycles. The molecule has 0 fully saturated rings. The maximum Gasteiger partial charge on any atom is 0.312 e. The molecule has 0 amide bonds. The van der Waals surface area contributed by atoms with E-state index < -0.39 is 4.92 Å². The first-order chi connectivity index (χ1) is 10.3. The van der Waals surface area contributed by atoms with E-state index in [0.29, 0.717) is 35.2 Å². The van der Waals surface area contributed by atoms with Crippen molar-refractivity contribution in [2.24, 2.45) is 0 Å². The minimum atomic E-state index is -0.433. The average Bonchev–Trinajstić information content (AvgIpc) is 2.69. The first kappa shape index (κ1) is 16.4. The van der Waals surface area contributed by atoms with Crippen molar-refractivity contribution in [1.82, 2.24) is 9.78 Å². The summed E-state index contributed by atoms with van der Waals surface area (Å²) in [4.78, 5) is 11.5.